The van der Waals surface area contributed by atoms with Crippen LogP contribution in [0.4, 0.5) is 0 Å². The molecule has 9 atom stereocenters. The smallest absolute Gasteiger partial charge is 0.187 e. The fourth-order valence-corrected chi connectivity index (χ4v) is 2.37. The highest BCUT2D eigenvalue weighted by Gasteiger charge is 2.49. The van der Waals surface area contributed by atoms with Crippen molar-refractivity contribution < 1.29 is 50.0 Å². The van der Waals surface area contributed by atoms with Gasteiger partial charge in [0.25, 0.3) is 0 Å². The summed E-state index contributed by atoms with van der Waals surface area (Å²) in [6.45, 7) is -1.18. The Balaban J connectivity index is 2.07. The van der Waals surface area contributed by atoms with E-state index in [9.17, 15) is 25.5 Å². The molecule has 0 spiro atoms. The number of ether oxygens (including phenoxy) is 3. The summed E-state index contributed by atoms with van der Waals surface area (Å²) in [5.41, 5.74) is 0. The summed E-state index contributed by atoms with van der Waals surface area (Å²) in [4.78, 5) is 0. The van der Waals surface area contributed by atoms with Gasteiger partial charge >= 0.3 is 0 Å². The van der Waals surface area contributed by atoms with Gasteiger partial charge in [0, 0.05) is 0 Å². The van der Waals surface area contributed by atoms with Gasteiger partial charge in [-0.05, 0) is 0 Å². The highest BCUT2D eigenvalue weighted by atomic mass is 16.7. The summed E-state index contributed by atoms with van der Waals surface area (Å²) in [5, 5.41) is 66.3. The van der Waals surface area contributed by atoms with Crippen molar-refractivity contribution in [3.63, 3.8) is 0 Å². The molecular weight excluding hydrogens is 292 g/mol. The van der Waals surface area contributed by atoms with Crippen LogP contribution in [-0.4, -0.2) is 104 Å². The van der Waals surface area contributed by atoms with Crippen molar-refractivity contribution in [1.82, 2.24) is 0 Å². The van der Waals surface area contributed by atoms with Gasteiger partial charge in [-0.3, -0.25) is 0 Å². The zero-order valence-electron chi connectivity index (χ0n) is 11.0. The normalized spacial score (nSPS) is 51.3. The number of hydrogen-bond donors (Lipinski definition) is 7. The molecule has 2 heterocycles. The van der Waals surface area contributed by atoms with Gasteiger partial charge in [0.1, 0.15) is 42.7 Å². The van der Waals surface area contributed by atoms with Crippen LogP contribution in [0.3, 0.4) is 0 Å². The largest absolute Gasteiger partial charge is 0.394 e. The van der Waals surface area contributed by atoms with Gasteiger partial charge in [-0.15, -0.1) is 0 Å². The minimum absolute atomic E-state index is 0.559. The van der Waals surface area contributed by atoms with E-state index in [4.69, 9.17) is 24.4 Å². The first kappa shape index (κ1) is 17.0. The Bertz CT molecular complexity index is 339. The molecule has 0 radical (unpaired) electrons. The second-order valence-corrected chi connectivity index (χ2v) is 5.04. The van der Waals surface area contributed by atoms with E-state index in [2.05, 4.69) is 0 Å². The maximum Gasteiger partial charge on any atom is 0.187 e. The Morgan fingerprint density at radius 2 is 1.33 bits per heavy atom. The van der Waals surface area contributed by atoms with Gasteiger partial charge < -0.3 is 50.0 Å². The zero-order chi connectivity index (χ0) is 15.7. The Kier molecular flexibility index (Phi) is 5.48. The fraction of sp³-hybridized carbons (Fsp3) is 1.00. The summed E-state index contributed by atoms with van der Waals surface area (Å²) in [6, 6.07) is 0. The van der Waals surface area contributed by atoms with Crippen molar-refractivity contribution in [2.24, 2.45) is 0 Å². The highest BCUT2D eigenvalue weighted by molar-refractivity contribution is 4.92. The molecular formula is C11H20O10. The zero-order valence-corrected chi connectivity index (χ0v) is 11.0. The van der Waals surface area contributed by atoms with E-state index in [1.165, 1.54) is 0 Å². The van der Waals surface area contributed by atoms with E-state index in [0.29, 0.717) is 0 Å². The van der Waals surface area contributed by atoms with E-state index in [-0.39, 0.29) is 0 Å². The first-order valence-electron chi connectivity index (χ1n) is 6.49. The molecule has 0 bridgehead atoms. The Morgan fingerprint density at radius 3 is 1.90 bits per heavy atom. The quantitative estimate of drug-likeness (QED) is 0.267. The summed E-state index contributed by atoms with van der Waals surface area (Å²) in [7, 11) is 0. The molecule has 0 unspecified atom stereocenters. The van der Waals surface area contributed by atoms with Crippen molar-refractivity contribution in [3.8, 4) is 0 Å². The Morgan fingerprint density at radius 1 is 0.714 bits per heavy atom. The number of aliphatic hydroxyl groups is 7. The monoisotopic (exact) mass is 312 g/mol. The van der Waals surface area contributed by atoms with Crippen molar-refractivity contribution in [2.45, 2.75) is 55.3 Å². The SMILES string of the molecule is OC[C@@H]1O[C@@H](O[C@H]2[C@H](O)[C@H](O)O[C@@H]2CO)[C@H](O)[C@H](O)[C@H]1O. The molecule has 2 saturated heterocycles. The summed E-state index contributed by atoms with van der Waals surface area (Å²) in [6.07, 6.45) is -12.8. The van der Waals surface area contributed by atoms with E-state index in [0.717, 1.165) is 0 Å². The van der Waals surface area contributed by atoms with Crippen molar-refractivity contribution in [3.05, 3.63) is 0 Å². The van der Waals surface area contributed by atoms with E-state index < -0.39 is 68.5 Å². The minimum atomic E-state index is -1.65. The molecule has 2 aliphatic heterocycles. The van der Waals surface area contributed by atoms with Gasteiger partial charge in [-0.2, -0.15) is 0 Å². The van der Waals surface area contributed by atoms with Crippen molar-refractivity contribution >= 4 is 0 Å². The van der Waals surface area contributed by atoms with E-state index >= 15 is 0 Å². The van der Waals surface area contributed by atoms with Crippen LogP contribution < -0.4 is 0 Å². The van der Waals surface area contributed by atoms with Crippen LogP contribution >= 0.6 is 0 Å². The lowest BCUT2D eigenvalue weighted by molar-refractivity contribution is -0.318. The molecule has 124 valence electrons. The summed E-state index contributed by atoms with van der Waals surface area (Å²) < 4.78 is 15.2. The highest BCUT2D eigenvalue weighted by Crippen LogP contribution is 2.28. The van der Waals surface area contributed by atoms with Crippen LogP contribution in [0.15, 0.2) is 0 Å². The van der Waals surface area contributed by atoms with Crippen LogP contribution in [0.5, 0.6) is 0 Å². The fourth-order valence-electron chi connectivity index (χ4n) is 2.37. The second kappa shape index (κ2) is 6.79. The lowest BCUT2D eigenvalue weighted by Gasteiger charge is -2.41. The molecule has 0 aromatic carbocycles. The first-order chi connectivity index (χ1) is 9.90. The average Bonchev–Trinajstić information content (AvgIpc) is 2.75. The number of hydrogen-bond acceptors (Lipinski definition) is 10. The van der Waals surface area contributed by atoms with E-state index in [1.54, 1.807) is 0 Å². The molecule has 0 saturated carbocycles. The van der Waals surface area contributed by atoms with Gasteiger partial charge in [0.15, 0.2) is 12.6 Å². The van der Waals surface area contributed by atoms with Crippen molar-refractivity contribution in [1.29, 1.82) is 0 Å². The third-order valence-corrected chi connectivity index (χ3v) is 3.63. The summed E-state index contributed by atoms with van der Waals surface area (Å²) >= 11 is 0. The lowest BCUT2D eigenvalue weighted by Crippen LogP contribution is -2.60. The van der Waals surface area contributed by atoms with Crippen LogP contribution in [-0.2, 0) is 14.2 Å². The molecule has 2 rings (SSSR count). The van der Waals surface area contributed by atoms with Gasteiger partial charge in [-0.1, -0.05) is 0 Å². The van der Waals surface area contributed by atoms with Gasteiger partial charge in [0.2, 0.25) is 0 Å². The maximum atomic E-state index is 9.80. The van der Waals surface area contributed by atoms with Gasteiger partial charge in [0.05, 0.1) is 13.2 Å². The van der Waals surface area contributed by atoms with Crippen molar-refractivity contribution in [2.75, 3.05) is 13.2 Å². The second-order valence-electron chi connectivity index (χ2n) is 5.04. The third kappa shape index (κ3) is 3.19. The summed E-state index contributed by atoms with van der Waals surface area (Å²) in [5.74, 6) is 0. The number of aliphatic hydroxyl groups excluding tert-OH is 7. The van der Waals surface area contributed by atoms with E-state index in [1.807, 2.05) is 0 Å². The lowest BCUT2D eigenvalue weighted by atomic mass is 9.99. The molecule has 10 nitrogen and oxygen atoms in total. The third-order valence-electron chi connectivity index (χ3n) is 3.63. The molecule has 0 aliphatic carbocycles. The standard InChI is InChI=1S/C11H20O10/c12-1-3-5(14)6(15)7(16)11(20-3)21-9-4(2-13)19-10(18)8(9)17/h3-18H,1-2H2/t3-,4+,5-,6+,7+,8-,9+,10+,11-/m0/s1. The molecule has 7 N–H and O–H groups in total. The van der Waals surface area contributed by atoms with Crippen LogP contribution in [0, 0.1) is 0 Å². The molecule has 0 aromatic rings. The molecule has 0 amide bonds. The van der Waals surface area contributed by atoms with Crippen LogP contribution in [0.1, 0.15) is 0 Å². The van der Waals surface area contributed by atoms with Crippen LogP contribution in [0.25, 0.3) is 0 Å². The molecule has 2 aliphatic rings. The van der Waals surface area contributed by atoms with Gasteiger partial charge in [-0.25, -0.2) is 0 Å². The maximum absolute atomic E-state index is 9.80. The average molecular weight is 312 g/mol. The molecule has 2 fully saturated rings. The minimum Gasteiger partial charge on any atom is -0.394 e. The molecule has 10 heteroatoms. The predicted molar refractivity (Wildman–Crippen MR) is 62.6 cm³/mol. The topological polar surface area (TPSA) is 169 Å². The van der Waals surface area contributed by atoms with Crippen LogP contribution in [0.2, 0.25) is 0 Å². The number of rotatable bonds is 4. The molecule has 0 aromatic heterocycles. The molecule has 21 heavy (non-hydrogen) atoms. The predicted octanol–water partition coefficient (Wildman–Crippen LogP) is -4.76. The Labute approximate surface area is 119 Å². The Hall–Kier alpha value is -0.400. The first-order valence-corrected chi connectivity index (χ1v) is 6.49.